The number of carbonyl (C=O) groups excluding carboxylic acids is 3. The molecule has 2 aromatic rings. The average Bonchev–Trinajstić information content (AvgIpc) is 2.84. The molecule has 0 radical (unpaired) electrons. The standard InChI is InChI=1S/C20H15NO5/c1-20-7-10-13(11(21-20)6-12(20)22)19(26)15-14(18(10)25)16(23)8-4-2-3-5-9(8)17(15)24/h2-5,11,21,25-26H,6-7H2,1H3. The Labute approximate surface area is 148 Å². The van der Waals surface area contributed by atoms with Crippen molar-refractivity contribution in [3.8, 4) is 11.5 Å². The minimum absolute atomic E-state index is 0.0172. The van der Waals surface area contributed by atoms with Crippen LogP contribution in [0.25, 0.3) is 0 Å². The van der Waals surface area contributed by atoms with Crippen LogP contribution in [0.4, 0.5) is 0 Å². The molecule has 26 heavy (non-hydrogen) atoms. The minimum atomic E-state index is -0.838. The maximum absolute atomic E-state index is 12.9. The average molecular weight is 349 g/mol. The lowest BCUT2D eigenvalue weighted by atomic mass is 9.77. The summed E-state index contributed by atoms with van der Waals surface area (Å²) in [7, 11) is 0. The molecule has 1 aliphatic carbocycles. The summed E-state index contributed by atoms with van der Waals surface area (Å²) in [5.74, 6) is -1.61. The van der Waals surface area contributed by atoms with E-state index in [2.05, 4.69) is 5.32 Å². The molecule has 6 heteroatoms. The Morgan fingerprint density at radius 3 is 2.19 bits per heavy atom. The first-order valence-electron chi connectivity index (χ1n) is 8.43. The summed E-state index contributed by atoms with van der Waals surface area (Å²) < 4.78 is 0. The zero-order chi connectivity index (χ0) is 18.4. The summed E-state index contributed by atoms with van der Waals surface area (Å²) >= 11 is 0. The van der Waals surface area contributed by atoms with Crippen LogP contribution in [0.15, 0.2) is 24.3 Å². The molecule has 0 spiro atoms. The molecule has 2 atom stereocenters. The van der Waals surface area contributed by atoms with Gasteiger partial charge in [-0.3, -0.25) is 19.7 Å². The molecule has 1 fully saturated rings. The van der Waals surface area contributed by atoms with Crippen molar-refractivity contribution >= 4 is 17.3 Å². The van der Waals surface area contributed by atoms with Gasteiger partial charge in [0.15, 0.2) is 17.3 Å². The highest BCUT2D eigenvalue weighted by Gasteiger charge is 2.51. The predicted molar refractivity (Wildman–Crippen MR) is 90.7 cm³/mol. The second-order valence-corrected chi connectivity index (χ2v) is 7.38. The zero-order valence-corrected chi connectivity index (χ0v) is 13.9. The molecule has 2 unspecified atom stereocenters. The van der Waals surface area contributed by atoms with Crippen LogP contribution in [0.3, 0.4) is 0 Å². The van der Waals surface area contributed by atoms with Crippen LogP contribution in [-0.4, -0.2) is 33.1 Å². The third-order valence-corrected chi connectivity index (χ3v) is 5.84. The number of carbonyl (C=O) groups is 3. The van der Waals surface area contributed by atoms with E-state index < -0.39 is 23.1 Å². The molecule has 5 rings (SSSR count). The van der Waals surface area contributed by atoms with Gasteiger partial charge in [-0.2, -0.15) is 0 Å². The van der Waals surface area contributed by atoms with E-state index in [9.17, 15) is 24.6 Å². The number of benzene rings is 2. The molecule has 0 saturated carbocycles. The van der Waals surface area contributed by atoms with Crippen molar-refractivity contribution in [3.05, 3.63) is 57.6 Å². The molecule has 2 aromatic carbocycles. The van der Waals surface area contributed by atoms with Crippen LogP contribution < -0.4 is 5.32 Å². The van der Waals surface area contributed by atoms with Gasteiger partial charge >= 0.3 is 0 Å². The van der Waals surface area contributed by atoms with Crippen LogP contribution in [0.2, 0.25) is 0 Å². The van der Waals surface area contributed by atoms with E-state index in [1.165, 1.54) is 12.1 Å². The molecule has 2 heterocycles. The molecule has 0 amide bonds. The predicted octanol–water partition coefficient (Wildman–Crippen LogP) is 1.79. The van der Waals surface area contributed by atoms with E-state index in [0.717, 1.165) is 0 Å². The van der Waals surface area contributed by atoms with Gasteiger partial charge in [0, 0.05) is 41.1 Å². The van der Waals surface area contributed by atoms with Crippen LogP contribution >= 0.6 is 0 Å². The second kappa shape index (κ2) is 4.59. The van der Waals surface area contributed by atoms with E-state index >= 15 is 0 Å². The van der Waals surface area contributed by atoms with Crippen LogP contribution in [0.1, 0.15) is 62.4 Å². The van der Waals surface area contributed by atoms with Crippen molar-refractivity contribution in [2.75, 3.05) is 0 Å². The van der Waals surface area contributed by atoms with Gasteiger partial charge in [-0.15, -0.1) is 0 Å². The summed E-state index contributed by atoms with van der Waals surface area (Å²) in [5, 5.41) is 24.9. The lowest BCUT2D eigenvalue weighted by molar-refractivity contribution is -0.121. The fourth-order valence-electron chi connectivity index (χ4n) is 4.54. The molecule has 3 N–H and O–H groups in total. The normalized spacial score (nSPS) is 25.7. The summed E-state index contributed by atoms with van der Waals surface area (Å²) in [4.78, 5) is 38.2. The maximum atomic E-state index is 12.9. The van der Waals surface area contributed by atoms with Crippen molar-refractivity contribution < 1.29 is 24.6 Å². The highest BCUT2D eigenvalue weighted by molar-refractivity contribution is 6.30. The van der Waals surface area contributed by atoms with Crippen molar-refractivity contribution in [3.63, 3.8) is 0 Å². The SMILES string of the molecule is CC12Cc3c(O)c4c(c(O)c3C(CC1=O)N2)C(=O)c1ccccc1C4=O. The zero-order valence-electron chi connectivity index (χ0n) is 13.9. The number of nitrogens with one attached hydrogen (secondary N) is 1. The number of rotatable bonds is 0. The molecular weight excluding hydrogens is 334 g/mol. The lowest BCUT2D eigenvalue weighted by Gasteiger charge is -2.34. The van der Waals surface area contributed by atoms with Gasteiger partial charge in [-0.1, -0.05) is 24.3 Å². The Bertz CT molecular complexity index is 1070. The highest BCUT2D eigenvalue weighted by atomic mass is 16.3. The number of Topliss-reactive ketones (excluding diaryl/α,β-unsaturated/α-hetero) is 1. The van der Waals surface area contributed by atoms with Gasteiger partial charge in [0.2, 0.25) is 0 Å². The van der Waals surface area contributed by atoms with E-state index in [1.54, 1.807) is 19.1 Å². The molecule has 130 valence electrons. The van der Waals surface area contributed by atoms with Crippen LogP contribution in [0, 0.1) is 0 Å². The third-order valence-electron chi connectivity index (χ3n) is 5.84. The topological polar surface area (TPSA) is 104 Å². The lowest BCUT2D eigenvalue weighted by Crippen LogP contribution is -2.47. The first-order chi connectivity index (χ1) is 12.3. The van der Waals surface area contributed by atoms with E-state index in [-0.39, 0.29) is 52.4 Å². The number of ketones is 3. The number of phenols is 2. The van der Waals surface area contributed by atoms with E-state index in [4.69, 9.17) is 0 Å². The van der Waals surface area contributed by atoms with Crippen molar-refractivity contribution in [2.24, 2.45) is 0 Å². The number of fused-ring (bicyclic) bond motifs is 6. The molecule has 1 saturated heterocycles. The van der Waals surface area contributed by atoms with Crippen LogP contribution in [-0.2, 0) is 11.2 Å². The number of hydrogen-bond acceptors (Lipinski definition) is 6. The fourth-order valence-corrected chi connectivity index (χ4v) is 4.54. The summed E-state index contributed by atoms with van der Waals surface area (Å²) in [6.07, 6.45) is 0.335. The number of hydrogen-bond donors (Lipinski definition) is 3. The third kappa shape index (κ3) is 1.62. The van der Waals surface area contributed by atoms with Gasteiger partial charge in [0.1, 0.15) is 11.5 Å². The van der Waals surface area contributed by atoms with Gasteiger partial charge in [-0.25, -0.2) is 0 Å². The number of phenolic OH excluding ortho intramolecular Hbond substituents is 2. The van der Waals surface area contributed by atoms with Crippen molar-refractivity contribution in [2.45, 2.75) is 31.3 Å². The van der Waals surface area contributed by atoms with Gasteiger partial charge in [0.05, 0.1) is 16.7 Å². The van der Waals surface area contributed by atoms with Gasteiger partial charge < -0.3 is 10.2 Å². The molecule has 0 aromatic heterocycles. The minimum Gasteiger partial charge on any atom is -0.507 e. The highest BCUT2D eigenvalue weighted by Crippen LogP contribution is 2.51. The number of aromatic hydroxyl groups is 2. The molecule has 6 nitrogen and oxygen atoms in total. The smallest absolute Gasteiger partial charge is 0.198 e. The first-order valence-corrected chi connectivity index (χ1v) is 8.43. The molecule has 3 aliphatic rings. The summed E-state index contributed by atoms with van der Waals surface area (Å²) in [6, 6.07) is 5.88. The van der Waals surface area contributed by atoms with E-state index in [0.29, 0.717) is 11.1 Å². The summed E-state index contributed by atoms with van der Waals surface area (Å²) in [6.45, 7) is 1.75. The Hall–Kier alpha value is -2.99. The first kappa shape index (κ1) is 15.3. The summed E-state index contributed by atoms with van der Waals surface area (Å²) in [5.41, 5.74) is -0.0364. The Morgan fingerprint density at radius 1 is 1.00 bits per heavy atom. The molecule has 2 aliphatic heterocycles. The van der Waals surface area contributed by atoms with Crippen LogP contribution in [0.5, 0.6) is 11.5 Å². The van der Waals surface area contributed by atoms with Gasteiger partial charge in [-0.05, 0) is 6.92 Å². The largest absolute Gasteiger partial charge is 0.507 e. The Morgan fingerprint density at radius 2 is 1.58 bits per heavy atom. The van der Waals surface area contributed by atoms with Crippen molar-refractivity contribution in [1.82, 2.24) is 5.32 Å². The van der Waals surface area contributed by atoms with E-state index in [1.807, 2.05) is 0 Å². The Kier molecular flexibility index (Phi) is 2.70. The second-order valence-electron chi connectivity index (χ2n) is 7.38. The van der Waals surface area contributed by atoms with Gasteiger partial charge in [0.25, 0.3) is 0 Å². The van der Waals surface area contributed by atoms with Crippen molar-refractivity contribution in [1.29, 1.82) is 0 Å². The molecular formula is C20H15NO5. The quantitative estimate of drug-likeness (QED) is 0.535. The fraction of sp³-hybridized carbons (Fsp3) is 0.250. The molecule has 2 bridgehead atoms. The Balaban J connectivity index is 1.84. The monoisotopic (exact) mass is 349 g/mol. The maximum Gasteiger partial charge on any atom is 0.198 e.